The summed E-state index contributed by atoms with van der Waals surface area (Å²) in [5.74, 6) is 0.513. The number of nitrogens with one attached hydrogen (secondary N) is 1. The van der Waals surface area contributed by atoms with Gasteiger partial charge in [-0.1, -0.05) is 15.9 Å². The molecule has 0 spiro atoms. The fourth-order valence-corrected chi connectivity index (χ4v) is 3.50. The second-order valence-electron chi connectivity index (χ2n) is 5.45. The fourth-order valence-electron chi connectivity index (χ4n) is 2.18. The number of aryl methyl sites for hydroxylation is 1. The number of amides is 1. The van der Waals surface area contributed by atoms with E-state index >= 15 is 0 Å². The Morgan fingerprint density at radius 2 is 2.25 bits per heavy atom. The van der Waals surface area contributed by atoms with Gasteiger partial charge in [-0.15, -0.1) is 11.8 Å². The zero-order valence-electron chi connectivity index (χ0n) is 11.6. The van der Waals surface area contributed by atoms with Gasteiger partial charge >= 0.3 is 0 Å². The van der Waals surface area contributed by atoms with Crippen LogP contribution in [0.3, 0.4) is 0 Å². The molecule has 1 aliphatic carbocycles. The number of hydrogen-bond donors (Lipinski definition) is 2. The van der Waals surface area contributed by atoms with Gasteiger partial charge in [0, 0.05) is 22.5 Å². The topological polar surface area (TPSA) is 49.3 Å². The Kier molecular flexibility index (Phi) is 5.52. The smallest absolute Gasteiger partial charge is 0.230 e. The normalized spacial score (nSPS) is 15.9. The second-order valence-corrected chi connectivity index (χ2v) is 7.38. The second kappa shape index (κ2) is 6.96. The van der Waals surface area contributed by atoms with Crippen LogP contribution < -0.4 is 5.32 Å². The lowest BCUT2D eigenvalue weighted by Crippen LogP contribution is -2.31. The van der Waals surface area contributed by atoms with E-state index in [0.29, 0.717) is 12.3 Å². The number of rotatable bonds is 7. The molecule has 1 aromatic carbocycles. The number of halogens is 1. The van der Waals surface area contributed by atoms with E-state index in [2.05, 4.69) is 27.3 Å². The van der Waals surface area contributed by atoms with E-state index in [1.807, 2.05) is 19.1 Å². The minimum atomic E-state index is 0.0709. The molecule has 0 aliphatic heterocycles. The van der Waals surface area contributed by atoms with Crippen LogP contribution in [-0.2, 0) is 4.79 Å². The average Bonchev–Trinajstić information content (AvgIpc) is 3.16. The zero-order valence-corrected chi connectivity index (χ0v) is 14.0. The number of aliphatic hydroxyl groups is 1. The number of hydrogen-bond acceptors (Lipinski definition) is 3. The van der Waals surface area contributed by atoms with E-state index < -0.39 is 0 Å². The van der Waals surface area contributed by atoms with Crippen molar-refractivity contribution in [3.05, 3.63) is 28.2 Å². The number of carbonyl (C=O) groups is 1. The SMILES string of the molecule is Cc1cc(Br)ccc1SCC(=O)NCC1(CCO)CC1. The number of thioether (sulfide) groups is 1. The monoisotopic (exact) mass is 357 g/mol. The van der Waals surface area contributed by atoms with Gasteiger partial charge in [0.25, 0.3) is 0 Å². The Bertz CT molecular complexity index is 489. The Morgan fingerprint density at radius 3 is 2.85 bits per heavy atom. The lowest BCUT2D eigenvalue weighted by Gasteiger charge is -2.14. The van der Waals surface area contributed by atoms with Crippen LogP contribution in [0.1, 0.15) is 24.8 Å². The Hall–Kier alpha value is -0.520. The summed E-state index contributed by atoms with van der Waals surface area (Å²) in [5.41, 5.74) is 1.36. The van der Waals surface area contributed by atoms with Gasteiger partial charge in [0.05, 0.1) is 5.75 Å². The molecule has 3 nitrogen and oxygen atoms in total. The van der Waals surface area contributed by atoms with Crippen molar-refractivity contribution in [2.45, 2.75) is 31.1 Å². The maximum atomic E-state index is 11.9. The fraction of sp³-hybridized carbons (Fsp3) is 0.533. The predicted molar refractivity (Wildman–Crippen MR) is 86.0 cm³/mol. The molecular formula is C15H20BrNO2S. The molecule has 0 heterocycles. The van der Waals surface area contributed by atoms with Crippen LogP contribution in [0.2, 0.25) is 0 Å². The first-order chi connectivity index (χ1) is 9.54. The van der Waals surface area contributed by atoms with Crippen LogP contribution in [0.25, 0.3) is 0 Å². The standard InChI is InChI=1S/C15H20BrNO2S/c1-11-8-12(16)2-3-13(11)20-9-14(19)17-10-15(4-5-15)6-7-18/h2-3,8,18H,4-7,9-10H2,1H3,(H,17,19). The molecule has 110 valence electrons. The van der Waals surface area contributed by atoms with Crippen molar-refractivity contribution < 1.29 is 9.90 Å². The van der Waals surface area contributed by atoms with Crippen molar-refractivity contribution in [3.8, 4) is 0 Å². The lowest BCUT2D eigenvalue weighted by atomic mass is 10.0. The number of aliphatic hydroxyl groups excluding tert-OH is 1. The van der Waals surface area contributed by atoms with Gasteiger partial charge in [-0.2, -0.15) is 0 Å². The van der Waals surface area contributed by atoms with E-state index in [4.69, 9.17) is 5.11 Å². The molecule has 1 amide bonds. The third-order valence-electron chi connectivity index (χ3n) is 3.76. The average molecular weight is 358 g/mol. The summed E-state index contributed by atoms with van der Waals surface area (Å²) in [6, 6.07) is 6.08. The molecule has 0 bridgehead atoms. The van der Waals surface area contributed by atoms with Gasteiger partial charge < -0.3 is 10.4 Å². The van der Waals surface area contributed by atoms with Crippen molar-refractivity contribution >= 4 is 33.6 Å². The van der Waals surface area contributed by atoms with Crippen molar-refractivity contribution in [1.82, 2.24) is 5.32 Å². The molecule has 1 aliphatic rings. The molecule has 20 heavy (non-hydrogen) atoms. The van der Waals surface area contributed by atoms with E-state index in [-0.39, 0.29) is 17.9 Å². The minimum Gasteiger partial charge on any atom is -0.396 e. The van der Waals surface area contributed by atoms with Crippen LogP contribution in [0.4, 0.5) is 0 Å². The highest BCUT2D eigenvalue weighted by atomic mass is 79.9. The van der Waals surface area contributed by atoms with E-state index in [1.165, 1.54) is 5.56 Å². The molecule has 2 rings (SSSR count). The third-order valence-corrected chi connectivity index (χ3v) is 5.42. The first kappa shape index (κ1) is 15.9. The molecule has 5 heteroatoms. The molecule has 0 atom stereocenters. The Morgan fingerprint density at radius 1 is 1.50 bits per heavy atom. The van der Waals surface area contributed by atoms with Crippen LogP contribution in [0.5, 0.6) is 0 Å². The quantitative estimate of drug-likeness (QED) is 0.737. The van der Waals surface area contributed by atoms with Gasteiger partial charge in [-0.05, 0) is 55.4 Å². The number of benzene rings is 1. The highest BCUT2D eigenvalue weighted by molar-refractivity contribution is 9.10. The van der Waals surface area contributed by atoms with Gasteiger partial charge in [0.15, 0.2) is 0 Å². The molecule has 1 saturated carbocycles. The van der Waals surface area contributed by atoms with Crippen molar-refractivity contribution in [2.24, 2.45) is 5.41 Å². The Labute approximate surface area is 132 Å². The first-order valence-corrected chi connectivity index (χ1v) is 8.59. The van der Waals surface area contributed by atoms with Crippen LogP contribution in [0, 0.1) is 12.3 Å². The van der Waals surface area contributed by atoms with Crippen molar-refractivity contribution in [3.63, 3.8) is 0 Å². The molecule has 1 aromatic rings. The van der Waals surface area contributed by atoms with Crippen LogP contribution >= 0.6 is 27.7 Å². The molecule has 0 saturated heterocycles. The third kappa shape index (κ3) is 4.50. The summed E-state index contributed by atoms with van der Waals surface area (Å²) in [5, 5.41) is 12.0. The summed E-state index contributed by atoms with van der Waals surface area (Å²) in [6.07, 6.45) is 3.03. The summed E-state index contributed by atoms with van der Waals surface area (Å²) in [4.78, 5) is 13.0. The summed E-state index contributed by atoms with van der Waals surface area (Å²) in [6.45, 7) is 2.96. The Balaban J connectivity index is 1.75. The maximum absolute atomic E-state index is 11.9. The van der Waals surface area contributed by atoms with E-state index in [0.717, 1.165) is 28.6 Å². The van der Waals surface area contributed by atoms with Crippen LogP contribution in [-0.4, -0.2) is 29.9 Å². The van der Waals surface area contributed by atoms with Gasteiger partial charge in [-0.25, -0.2) is 0 Å². The summed E-state index contributed by atoms with van der Waals surface area (Å²) >= 11 is 5.00. The highest BCUT2D eigenvalue weighted by Gasteiger charge is 2.41. The molecule has 2 N–H and O–H groups in total. The largest absolute Gasteiger partial charge is 0.396 e. The maximum Gasteiger partial charge on any atom is 0.230 e. The number of carbonyl (C=O) groups excluding carboxylic acids is 1. The lowest BCUT2D eigenvalue weighted by molar-refractivity contribution is -0.118. The van der Waals surface area contributed by atoms with Gasteiger partial charge in [-0.3, -0.25) is 4.79 Å². The van der Waals surface area contributed by atoms with Gasteiger partial charge in [0.2, 0.25) is 5.91 Å². The van der Waals surface area contributed by atoms with E-state index in [9.17, 15) is 4.79 Å². The molecule has 0 radical (unpaired) electrons. The molecule has 0 unspecified atom stereocenters. The van der Waals surface area contributed by atoms with Crippen molar-refractivity contribution in [1.29, 1.82) is 0 Å². The van der Waals surface area contributed by atoms with Gasteiger partial charge in [0.1, 0.15) is 0 Å². The summed E-state index contributed by atoms with van der Waals surface area (Å²) < 4.78 is 1.06. The van der Waals surface area contributed by atoms with Crippen molar-refractivity contribution in [2.75, 3.05) is 18.9 Å². The first-order valence-electron chi connectivity index (χ1n) is 6.81. The van der Waals surface area contributed by atoms with Crippen LogP contribution in [0.15, 0.2) is 27.6 Å². The molecule has 1 fully saturated rings. The zero-order chi connectivity index (χ0) is 14.6. The molecular weight excluding hydrogens is 338 g/mol. The summed E-state index contributed by atoms with van der Waals surface area (Å²) in [7, 11) is 0. The van der Waals surface area contributed by atoms with E-state index in [1.54, 1.807) is 11.8 Å². The predicted octanol–water partition coefficient (Wildman–Crippen LogP) is 3.13. The highest BCUT2D eigenvalue weighted by Crippen LogP contribution is 2.47. The molecule has 0 aromatic heterocycles. The minimum absolute atomic E-state index is 0.0709.